The highest BCUT2D eigenvalue weighted by Gasteiger charge is 2.03. The molecule has 0 aliphatic carbocycles. The van der Waals surface area contributed by atoms with E-state index in [1.165, 1.54) is 27.1 Å². The first-order chi connectivity index (χ1) is 8.90. The van der Waals surface area contributed by atoms with Crippen LogP contribution >= 0.6 is 0 Å². The van der Waals surface area contributed by atoms with Gasteiger partial charge >= 0.3 is 0 Å². The second kappa shape index (κ2) is 4.63. The molecular formula is C17H14O. The van der Waals surface area contributed by atoms with Crippen LogP contribution in [0.15, 0.2) is 60.7 Å². The van der Waals surface area contributed by atoms with E-state index in [0.29, 0.717) is 0 Å². The minimum absolute atomic E-state index is 0.0670. The van der Waals surface area contributed by atoms with Gasteiger partial charge in [-0.1, -0.05) is 60.7 Å². The van der Waals surface area contributed by atoms with Gasteiger partial charge in [0.1, 0.15) is 0 Å². The number of hydrogen-bond acceptors (Lipinski definition) is 1. The highest BCUT2D eigenvalue weighted by Crippen LogP contribution is 2.29. The molecule has 1 heteroatoms. The third-order valence-electron chi connectivity index (χ3n) is 3.20. The molecule has 0 aliphatic rings. The molecule has 0 saturated heterocycles. The predicted octanol–water partition coefficient (Wildman–Crippen LogP) is 4.00. The molecule has 0 amide bonds. The summed E-state index contributed by atoms with van der Waals surface area (Å²) in [6.45, 7) is 0.0670. The lowest BCUT2D eigenvalue weighted by atomic mass is 9.96. The molecular weight excluding hydrogens is 220 g/mol. The third-order valence-corrected chi connectivity index (χ3v) is 3.20. The van der Waals surface area contributed by atoms with Crippen molar-refractivity contribution in [2.24, 2.45) is 0 Å². The van der Waals surface area contributed by atoms with E-state index in [9.17, 15) is 0 Å². The predicted molar refractivity (Wildman–Crippen MR) is 77.6 cm³/mol. The fraction of sp³-hybridized carbons (Fsp3) is 0.0588. The summed E-state index contributed by atoms with van der Waals surface area (Å²) < 4.78 is 0. The fourth-order valence-corrected chi connectivity index (χ4v) is 2.40. The maximum absolute atomic E-state index is 8.98. The molecule has 1 N–H and O–H groups in total. The van der Waals surface area contributed by atoms with Gasteiger partial charge in [-0.05, 0) is 33.2 Å². The van der Waals surface area contributed by atoms with Crippen LogP contribution < -0.4 is 0 Å². The van der Waals surface area contributed by atoms with Crippen LogP contribution in [0.2, 0.25) is 0 Å². The van der Waals surface area contributed by atoms with Crippen molar-refractivity contribution in [1.29, 1.82) is 0 Å². The van der Waals surface area contributed by atoms with Crippen molar-refractivity contribution < 1.29 is 5.11 Å². The Morgan fingerprint density at radius 1 is 0.833 bits per heavy atom. The molecule has 18 heavy (non-hydrogen) atoms. The summed E-state index contributed by atoms with van der Waals surface area (Å²) in [7, 11) is 0. The smallest absolute Gasteiger partial charge is 0.0615 e. The van der Waals surface area contributed by atoms with Gasteiger partial charge in [0.15, 0.2) is 0 Å². The second-order valence-electron chi connectivity index (χ2n) is 4.32. The van der Waals surface area contributed by atoms with Crippen molar-refractivity contribution in [1.82, 2.24) is 0 Å². The topological polar surface area (TPSA) is 20.2 Å². The SMILES string of the molecule is OC/C=C\c1c2ccccc2cc2ccccc12. The van der Waals surface area contributed by atoms with Crippen LogP contribution in [0, 0.1) is 0 Å². The molecule has 0 spiro atoms. The van der Waals surface area contributed by atoms with E-state index in [2.05, 4.69) is 42.5 Å². The van der Waals surface area contributed by atoms with Crippen LogP contribution in [0.1, 0.15) is 5.56 Å². The van der Waals surface area contributed by atoms with Crippen molar-refractivity contribution in [2.45, 2.75) is 0 Å². The van der Waals surface area contributed by atoms with E-state index in [0.717, 1.165) is 0 Å². The molecule has 0 bridgehead atoms. The number of aliphatic hydroxyl groups is 1. The summed E-state index contributed by atoms with van der Waals surface area (Å²) >= 11 is 0. The van der Waals surface area contributed by atoms with Crippen molar-refractivity contribution in [3.63, 3.8) is 0 Å². The summed E-state index contributed by atoms with van der Waals surface area (Å²) in [5.41, 5.74) is 1.18. The Balaban J connectivity index is 2.45. The third kappa shape index (κ3) is 1.79. The summed E-state index contributed by atoms with van der Waals surface area (Å²) in [6, 6.07) is 18.9. The second-order valence-corrected chi connectivity index (χ2v) is 4.32. The van der Waals surface area contributed by atoms with Gasteiger partial charge in [0.25, 0.3) is 0 Å². The van der Waals surface area contributed by atoms with E-state index in [1.54, 1.807) is 6.08 Å². The first kappa shape index (κ1) is 11.0. The summed E-state index contributed by atoms with van der Waals surface area (Å²) in [5, 5.41) is 13.9. The summed E-state index contributed by atoms with van der Waals surface area (Å²) in [6.07, 6.45) is 3.79. The number of fused-ring (bicyclic) bond motifs is 2. The maximum Gasteiger partial charge on any atom is 0.0615 e. The monoisotopic (exact) mass is 234 g/mol. The van der Waals surface area contributed by atoms with Gasteiger partial charge < -0.3 is 5.11 Å². The molecule has 0 fully saturated rings. The lowest BCUT2D eigenvalue weighted by Gasteiger charge is -2.08. The first-order valence-corrected chi connectivity index (χ1v) is 6.08. The number of hydrogen-bond donors (Lipinski definition) is 1. The zero-order valence-electron chi connectivity index (χ0n) is 10.0. The highest BCUT2D eigenvalue weighted by molar-refractivity contribution is 6.06. The van der Waals surface area contributed by atoms with E-state index < -0.39 is 0 Å². The molecule has 0 unspecified atom stereocenters. The van der Waals surface area contributed by atoms with Gasteiger partial charge in [0.2, 0.25) is 0 Å². The van der Waals surface area contributed by atoms with Crippen LogP contribution in [0.3, 0.4) is 0 Å². The number of aliphatic hydroxyl groups excluding tert-OH is 1. The van der Waals surface area contributed by atoms with Gasteiger partial charge in [-0.3, -0.25) is 0 Å². The van der Waals surface area contributed by atoms with Crippen LogP contribution in [-0.4, -0.2) is 11.7 Å². The van der Waals surface area contributed by atoms with E-state index in [-0.39, 0.29) is 6.61 Å². The van der Waals surface area contributed by atoms with Crippen LogP contribution in [0.5, 0.6) is 0 Å². The van der Waals surface area contributed by atoms with Gasteiger partial charge in [-0.2, -0.15) is 0 Å². The molecule has 0 aliphatic heterocycles. The molecule has 0 atom stereocenters. The molecule has 0 radical (unpaired) electrons. The molecule has 0 heterocycles. The van der Waals surface area contributed by atoms with Gasteiger partial charge in [0, 0.05) is 0 Å². The number of rotatable bonds is 2. The fourth-order valence-electron chi connectivity index (χ4n) is 2.40. The average molecular weight is 234 g/mol. The van der Waals surface area contributed by atoms with E-state index in [1.807, 2.05) is 18.2 Å². The molecule has 1 nitrogen and oxygen atoms in total. The molecule has 0 saturated carbocycles. The first-order valence-electron chi connectivity index (χ1n) is 6.08. The Hall–Kier alpha value is -2.12. The normalized spacial score (nSPS) is 11.6. The van der Waals surface area contributed by atoms with E-state index in [4.69, 9.17) is 5.11 Å². The Kier molecular flexibility index (Phi) is 2.83. The Labute approximate surface area is 106 Å². The molecule has 0 aromatic heterocycles. The zero-order chi connectivity index (χ0) is 12.4. The minimum Gasteiger partial charge on any atom is -0.392 e. The Morgan fingerprint density at radius 3 is 1.94 bits per heavy atom. The van der Waals surface area contributed by atoms with Gasteiger partial charge in [-0.25, -0.2) is 0 Å². The Bertz CT molecular complexity index is 672. The van der Waals surface area contributed by atoms with Crippen LogP contribution in [-0.2, 0) is 0 Å². The Morgan fingerprint density at radius 2 is 1.39 bits per heavy atom. The van der Waals surface area contributed by atoms with Crippen molar-refractivity contribution >= 4 is 27.6 Å². The lowest BCUT2D eigenvalue weighted by Crippen LogP contribution is -1.83. The van der Waals surface area contributed by atoms with Crippen molar-refractivity contribution in [3.8, 4) is 0 Å². The van der Waals surface area contributed by atoms with Crippen LogP contribution in [0.25, 0.3) is 27.6 Å². The molecule has 3 aromatic carbocycles. The van der Waals surface area contributed by atoms with Crippen molar-refractivity contribution in [3.05, 3.63) is 66.2 Å². The molecule has 3 aromatic rings. The lowest BCUT2D eigenvalue weighted by molar-refractivity contribution is 0.343. The minimum atomic E-state index is 0.0670. The zero-order valence-corrected chi connectivity index (χ0v) is 10.0. The van der Waals surface area contributed by atoms with Gasteiger partial charge in [0.05, 0.1) is 6.61 Å². The highest BCUT2D eigenvalue weighted by atomic mass is 16.2. The quantitative estimate of drug-likeness (QED) is 0.664. The standard InChI is InChI=1S/C17H14O/c18-11-5-10-17-15-8-3-1-6-13(15)12-14-7-2-4-9-16(14)17/h1-10,12,18H,11H2/b10-5-. The average Bonchev–Trinajstić information content (AvgIpc) is 2.43. The van der Waals surface area contributed by atoms with Crippen LogP contribution in [0.4, 0.5) is 0 Å². The number of benzene rings is 3. The molecule has 3 rings (SSSR count). The van der Waals surface area contributed by atoms with E-state index >= 15 is 0 Å². The summed E-state index contributed by atoms with van der Waals surface area (Å²) in [5.74, 6) is 0. The largest absolute Gasteiger partial charge is 0.392 e. The summed E-state index contributed by atoms with van der Waals surface area (Å²) in [4.78, 5) is 0. The maximum atomic E-state index is 8.98. The van der Waals surface area contributed by atoms with Crippen molar-refractivity contribution in [2.75, 3.05) is 6.61 Å². The molecule has 88 valence electrons. The van der Waals surface area contributed by atoms with Gasteiger partial charge in [-0.15, -0.1) is 0 Å².